The van der Waals surface area contributed by atoms with E-state index in [0.717, 1.165) is 12.1 Å². The molecule has 0 aliphatic heterocycles. The van der Waals surface area contributed by atoms with Gasteiger partial charge in [-0.05, 0) is 92.8 Å². The van der Waals surface area contributed by atoms with E-state index in [1.54, 1.807) is 59.1 Å². The van der Waals surface area contributed by atoms with E-state index in [0.29, 0.717) is 41.6 Å². The second kappa shape index (κ2) is 17.6. The normalized spacial score (nSPS) is 11.1. The van der Waals surface area contributed by atoms with Crippen LogP contribution in [0.15, 0.2) is 66.7 Å². The Morgan fingerprint density at radius 1 is 0.852 bits per heavy atom. The summed E-state index contributed by atoms with van der Waals surface area (Å²) in [6, 6.07) is 15.1. The van der Waals surface area contributed by atoms with Gasteiger partial charge in [0, 0.05) is 31.8 Å². The van der Waals surface area contributed by atoms with Gasteiger partial charge in [0.05, 0.1) is 47.4 Å². The Morgan fingerprint density at radius 3 is 2.17 bits per heavy atom. The van der Waals surface area contributed by atoms with Gasteiger partial charge in [-0.25, -0.2) is 9.59 Å². The number of pyridine rings is 1. The molecule has 0 aliphatic carbocycles. The van der Waals surface area contributed by atoms with Crippen LogP contribution in [-0.2, 0) is 33.3 Å². The van der Waals surface area contributed by atoms with Crippen molar-refractivity contribution < 1.29 is 51.4 Å². The van der Waals surface area contributed by atoms with E-state index in [9.17, 15) is 37.1 Å². The number of methoxy groups -OCH3 is 1. The molecule has 0 unspecified atom stereocenters. The maximum Gasteiger partial charge on any atom is 0.416 e. The highest BCUT2D eigenvalue weighted by atomic mass is 19.4. The lowest BCUT2D eigenvalue weighted by Crippen LogP contribution is -2.24. The van der Waals surface area contributed by atoms with Crippen molar-refractivity contribution in [3.63, 3.8) is 0 Å². The minimum absolute atomic E-state index is 0.00776. The molecule has 0 atom stereocenters. The van der Waals surface area contributed by atoms with E-state index in [-0.39, 0.29) is 52.4 Å². The molecule has 4 aromatic rings. The van der Waals surface area contributed by atoms with Crippen molar-refractivity contribution in [3.8, 4) is 17.0 Å². The van der Waals surface area contributed by atoms with Gasteiger partial charge in [0.25, 0.3) is 11.8 Å². The summed E-state index contributed by atoms with van der Waals surface area (Å²) < 4.78 is 55.1. The van der Waals surface area contributed by atoms with Crippen molar-refractivity contribution in [1.82, 2.24) is 9.88 Å². The third-order valence-corrected chi connectivity index (χ3v) is 8.26. The fraction of sp³-hybridized carbons (Fsp3) is 0.300. The summed E-state index contributed by atoms with van der Waals surface area (Å²) >= 11 is 0. The molecule has 4 rings (SSSR count). The number of alkyl halides is 3. The molecule has 14 heteroatoms. The van der Waals surface area contributed by atoms with Crippen LogP contribution in [0.4, 0.5) is 18.9 Å². The largest absolute Gasteiger partial charge is 0.465 e. The fourth-order valence-corrected chi connectivity index (χ4v) is 5.51. The van der Waals surface area contributed by atoms with Gasteiger partial charge in [0.1, 0.15) is 11.3 Å². The highest BCUT2D eigenvalue weighted by molar-refractivity contribution is 6.11. The molecule has 0 aliphatic rings. The summed E-state index contributed by atoms with van der Waals surface area (Å²) in [4.78, 5) is 70.7. The molecule has 0 radical (unpaired) electrons. The van der Waals surface area contributed by atoms with E-state index in [2.05, 4.69) is 10.3 Å². The van der Waals surface area contributed by atoms with Gasteiger partial charge < -0.3 is 24.4 Å². The monoisotopic (exact) mass is 747 g/mol. The topological polar surface area (TPSA) is 141 Å². The molecule has 2 amide bonds. The lowest BCUT2D eigenvalue weighted by molar-refractivity contribution is -0.137. The highest BCUT2D eigenvalue weighted by Crippen LogP contribution is 2.32. The first-order valence-corrected chi connectivity index (χ1v) is 17.0. The first-order valence-electron chi connectivity index (χ1n) is 17.0. The standard InChI is InChI=1S/C40H40F3N3O8/c1-7-25-21-27(38(50)53-8-2)22-31(39(51)52-6)35(25)54-33(47)11-9-10-24-13-19-32(30(20-24)37(49)46(4)5)45-36(48)29-18-12-23(3)44-34(29)26-14-16-28(17-15-26)40(41,42)43/h12-22H,7-11H2,1-6H3,(H,45,48). The molecule has 1 N–H and O–H groups in total. The van der Waals surface area contributed by atoms with Crippen LogP contribution in [0.2, 0.25) is 0 Å². The molecular formula is C40H40F3N3O8. The molecule has 54 heavy (non-hydrogen) atoms. The predicted molar refractivity (Wildman–Crippen MR) is 194 cm³/mol. The molecule has 11 nitrogen and oxygen atoms in total. The summed E-state index contributed by atoms with van der Waals surface area (Å²) in [5.74, 6) is -3.12. The number of nitrogens with zero attached hydrogens (tertiary/aromatic N) is 2. The summed E-state index contributed by atoms with van der Waals surface area (Å²) in [5.41, 5.74) is 1.76. The van der Waals surface area contributed by atoms with Crippen LogP contribution >= 0.6 is 0 Å². The van der Waals surface area contributed by atoms with Crippen molar-refractivity contribution in [2.75, 3.05) is 33.1 Å². The number of halogens is 3. The van der Waals surface area contributed by atoms with Gasteiger partial charge in [-0.1, -0.05) is 25.1 Å². The second-order valence-electron chi connectivity index (χ2n) is 12.4. The Balaban J connectivity index is 1.53. The average Bonchev–Trinajstić information content (AvgIpc) is 3.14. The van der Waals surface area contributed by atoms with Crippen molar-refractivity contribution in [3.05, 3.63) is 111 Å². The van der Waals surface area contributed by atoms with Crippen LogP contribution in [0, 0.1) is 6.92 Å². The van der Waals surface area contributed by atoms with Gasteiger partial charge in [-0.3, -0.25) is 19.4 Å². The van der Waals surface area contributed by atoms with Crippen LogP contribution in [-0.4, -0.2) is 67.4 Å². The molecule has 0 saturated carbocycles. The predicted octanol–water partition coefficient (Wildman–Crippen LogP) is 7.48. The van der Waals surface area contributed by atoms with Gasteiger partial charge in [0.15, 0.2) is 0 Å². The van der Waals surface area contributed by atoms with Crippen molar-refractivity contribution in [2.45, 2.75) is 52.6 Å². The van der Waals surface area contributed by atoms with Crippen LogP contribution in [0.3, 0.4) is 0 Å². The van der Waals surface area contributed by atoms with Crippen LogP contribution in [0.25, 0.3) is 11.3 Å². The quantitative estimate of drug-likeness (QED) is 0.109. The number of carbonyl (C=O) groups excluding carboxylic acids is 5. The summed E-state index contributed by atoms with van der Waals surface area (Å²) in [5, 5.41) is 2.76. The zero-order chi connectivity index (χ0) is 39.7. The number of nitrogens with one attached hydrogen (secondary N) is 1. The smallest absolute Gasteiger partial charge is 0.416 e. The summed E-state index contributed by atoms with van der Waals surface area (Å²) in [6.07, 6.45) is -3.63. The first kappa shape index (κ1) is 40.7. The Bertz CT molecular complexity index is 2060. The summed E-state index contributed by atoms with van der Waals surface area (Å²) in [6.45, 7) is 5.25. The molecule has 1 heterocycles. The third-order valence-electron chi connectivity index (χ3n) is 8.26. The lowest BCUT2D eigenvalue weighted by Gasteiger charge is -2.17. The van der Waals surface area contributed by atoms with E-state index >= 15 is 0 Å². The zero-order valence-corrected chi connectivity index (χ0v) is 30.7. The van der Waals surface area contributed by atoms with Crippen LogP contribution in [0.1, 0.15) is 90.5 Å². The van der Waals surface area contributed by atoms with Crippen molar-refractivity contribution in [1.29, 1.82) is 0 Å². The Morgan fingerprint density at radius 2 is 1.56 bits per heavy atom. The number of aryl methyl sites for hydroxylation is 3. The van der Waals surface area contributed by atoms with Crippen LogP contribution < -0.4 is 10.1 Å². The SMILES string of the molecule is CCOC(=O)c1cc(CC)c(OC(=O)CCCc2ccc(NC(=O)c3ccc(C)nc3-c3ccc(C(F)(F)F)cc3)c(C(=O)N(C)C)c2)c(C(=O)OC)c1. The molecular weight excluding hydrogens is 707 g/mol. The number of amides is 2. The average molecular weight is 748 g/mol. The van der Waals surface area contributed by atoms with Crippen molar-refractivity contribution >= 4 is 35.4 Å². The van der Waals surface area contributed by atoms with Crippen molar-refractivity contribution in [2.24, 2.45) is 0 Å². The van der Waals surface area contributed by atoms with Gasteiger partial charge in [-0.2, -0.15) is 13.2 Å². The van der Waals surface area contributed by atoms with E-state index in [4.69, 9.17) is 14.2 Å². The molecule has 1 aromatic heterocycles. The Kier molecular flexibility index (Phi) is 13.3. The second-order valence-corrected chi connectivity index (χ2v) is 12.4. The first-order chi connectivity index (χ1) is 25.6. The van der Waals surface area contributed by atoms with Crippen LogP contribution in [0.5, 0.6) is 5.75 Å². The number of carbonyl (C=O) groups is 5. The minimum Gasteiger partial charge on any atom is -0.465 e. The van der Waals surface area contributed by atoms with Gasteiger partial charge in [0.2, 0.25) is 0 Å². The molecule has 0 spiro atoms. The number of hydrogen-bond donors (Lipinski definition) is 1. The number of aromatic nitrogens is 1. The number of hydrogen-bond acceptors (Lipinski definition) is 9. The van der Waals surface area contributed by atoms with E-state index in [1.807, 2.05) is 0 Å². The fourth-order valence-electron chi connectivity index (χ4n) is 5.51. The maximum atomic E-state index is 13.6. The Labute approximate surface area is 310 Å². The third kappa shape index (κ3) is 9.88. The molecule has 0 fully saturated rings. The van der Waals surface area contributed by atoms with E-state index in [1.165, 1.54) is 42.3 Å². The zero-order valence-electron chi connectivity index (χ0n) is 30.7. The highest BCUT2D eigenvalue weighted by Gasteiger charge is 2.30. The van der Waals surface area contributed by atoms with Gasteiger partial charge in [-0.15, -0.1) is 0 Å². The maximum absolute atomic E-state index is 13.6. The minimum atomic E-state index is -4.53. The summed E-state index contributed by atoms with van der Waals surface area (Å²) in [7, 11) is 4.27. The number of anilines is 1. The number of benzene rings is 3. The number of ether oxygens (including phenoxy) is 3. The molecule has 3 aromatic carbocycles. The Hall–Kier alpha value is -6.05. The van der Waals surface area contributed by atoms with E-state index < -0.39 is 41.5 Å². The number of rotatable bonds is 13. The molecule has 284 valence electrons. The molecule has 0 saturated heterocycles. The molecule has 0 bridgehead atoms. The van der Waals surface area contributed by atoms with Gasteiger partial charge >= 0.3 is 24.1 Å². The lowest BCUT2D eigenvalue weighted by atomic mass is 10.0. The number of esters is 3.